The molecule has 55 heavy (non-hydrogen) atoms. The highest BCUT2D eigenvalue weighted by molar-refractivity contribution is 6.99. The molecule has 0 aliphatic carbocycles. The SMILES string of the molecule is CCOC(=O)c1c2c(nn1C(CN)CO[Si](c1ccccc1)(c1ccccc1)C(C)(C)C)C[C@@H](C)N(C(=O)c1ccc(Cl)c(C#N)c1)C2.O=C(O)C(F)(F)F. The maximum Gasteiger partial charge on any atom is 0.490 e. The van der Waals surface area contributed by atoms with Gasteiger partial charge < -0.3 is 24.9 Å². The molecule has 1 aliphatic heterocycles. The van der Waals surface area contributed by atoms with Crippen LogP contribution in [0.2, 0.25) is 10.1 Å². The monoisotopic (exact) mass is 797 g/mol. The van der Waals surface area contributed by atoms with Gasteiger partial charge >= 0.3 is 18.1 Å². The first kappa shape index (κ1) is 42.7. The zero-order valence-corrected chi connectivity index (χ0v) is 32.8. The van der Waals surface area contributed by atoms with Crippen molar-refractivity contribution in [2.24, 2.45) is 5.73 Å². The summed E-state index contributed by atoms with van der Waals surface area (Å²) in [5.74, 6) is -3.56. The summed E-state index contributed by atoms with van der Waals surface area (Å²) in [5.41, 5.74) is 8.63. The van der Waals surface area contributed by atoms with Crippen LogP contribution in [-0.2, 0) is 26.9 Å². The number of hydrogen-bond donors (Lipinski definition) is 2. The number of carboxylic acid groups (broad SMARTS) is 1. The van der Waals surface area contributed by atoms with Crippen molar-refractivity contribution in [1.82, 2.24) is 14.7 Å². The van der Waals surface area contributed by atoms with E-state index in [0.717, 1.165) is 10.4 Å². The number of ether oxygens (including phenoxy) is 1. The summed E-state index contributed by atoms with van der Waals surface area (Å²) in [6.45, 7) is 11.0. The summed E-state index contributed by atoms with van der Waals surface area (Å²) < 4.78 is 46.2. The minimum absolute atomic E-state index is 0.140. The van der Waals surface area contributed by atoms with Crippen molar-refractivity contribution in [3.8, 4) is 6.07 Å². The Morgan fingerprint density at radius 1 is 1.05 bits per heavy atom. The molecule has 5 rings (SSSR count). The highest BCUT2D eigenvalue weighted by Crippen LogP contribution is 2.38. The standard InChI is InChI=1S/C37H42ClN5O4Si.C2HF3O2/c1-6-46-36(45)34-31-23-42(35(44)26-17-18-32(38)27(20-26)21-39)25(2)19-33(31)41-43(34)28(22-40)24-47-48(37(3,4)5,29-13-9-7-10-14-29)30-15-11-8-12-16-30;3-2(4,5)1(6)7/h7-18,20,25,28H,6,19,22-24,40H2,1-5H3;(H,6,7)/t25-,28?;/m1./s1. The number of aliphatic carboxylic acids is 1. The van der Waals surface area contributed by atoms with Crippen LogP contribution >= 0.6 is 11.6 Å². The van der Waals surface area contributed by atoms with Crippen molar-refractivity contribution in [2.45, 2.75) is 70.9 Å². The Bertz CT molecular complexity index is 1990. The lowest BCUT2D eigenvalue weighted by Gasteiger charge is -2.43. The predicted octanol–water partition coefficient (Wildman–Crippen LogP) is 5.88. The first-order valence-corrected chi connectivity index (χ1v) is 19.7. The zero-order valence-electron chi connectivity index (χ0n) is 31.1. The van der Waals surface area contributed by atoms with Crippen LogP contribution in [0.15, 0.2) is 78.9 Å². The van der Waals surface area contributed by atoms with Crippen LogP contribution in [0.1, 0.15) is 78.3 Å². The van der Waals surface area contributed by atoms with Crippen LogP contribution in [0.3, 0.4) is 0 Å². The minimum Gasteiger partial charge on any atom is -0.475 e. The second kappa shape index (κ2) is 17.6. The number of carbonyl (C=O) groups is 3. The van der Waals surface area contributed by atoms with Crippen molar-refractivity contribution in [3.05, 3.63) is 112 Å². The van der Waals surface area contributed by atoms with Crippen LogP contribution in [0.4, 0.5) is 13.2 Å². The molecule has 3 N–H and O–H groups in total. The number of aromatic nitrogens is 2. The van der Waals surface area contributed by atoms with Gasteiger partial charge in [0, 0.05) is 30.1 Å². The van der Waals surface area contributed by atoms with Gasteiger partial charge in [-0.25, -0.2) is 9.59 Å². The van der Waals surface area contributed by atoms with Crippen LogP contribution in [-0.4, -0.2) is 77.9 Å². The molecule has 0 fully saturated rings. The Balaban J connectivity index is 0.000000876. The number of rotatable bonds is 10. The van der Waals surface area contributed by atoms with E-state index < -0.39 is 32.5 Å². The third-order valence-electron chi connectivity index (χ3n) is 9.27. The Hall–Kier alpha value is -5.01. The number of amides is 1. The van der Waals surface area contributed by atoms with Gasteiger partial charge in [-0.3, -0.25) is 9.48 Å². The molecule has 4 aromatic rings. The van der Waals surface area contributed by atoms with Gasteiger partial charge in [0.2, 0.25) is 0 Å². The van der Waals surface area contributed by atoms with E-state index in [1.165, 1.54) is 6.07 Å². The molecule has 1 amide bonds. The largest absolute Gasteiger partial charge is 0.490 e. The molecular weight excluding hydrogens is 755 g/mol. The molecule has 1 unspecified atom stereocenters. The van der Waals surface area contributed by atoms with E-state index in [4.69, 9.17) is 41.5 Å². The number of carbonyl (C=O) groups excluding carboxylic acids is 2. The number of alkyl halides is 3. The van der Waals surface area contributed by atoms with Gasteiger partial charge in [-0.05, 0) is 47.5 Å². The highest BCUT2D eigenvalue weighted by atomic mass is 35.5. The number of halogens is 4. The fraction of sp³-hybridized carbons (Fsp3) is 0.359. The quantitative estimate of drug-likeness (QED) is 0.148. The summed E-state index contributed by atoms with van der Waals surface area (Å²) in [5, 5.41) is 23.8. The highest BCUT2D eigenvalue weighted by Gasteiger charge is 2.50. The van der Waals surface area contributed by atoms with Gasteiger partial charge in [0.1, 0.15) is 6.07 Å². The van der Waals surface area contributed by atoms with Crippen molar-refractivity contribution < 1.29 is 41.8 Å². The minimum atomic E-state index is -5.08. The molecule has 0 saturated carbocycles. The molecule has 16 heteroatoms. The number of hydrogen-bond acceptors (Lipinski definition) is 8. The van der Waals surface area contributed by atoms with Crippen LogP contribution in [0, 0.1) is 11.3 Å². The van der Waals surface area contributed by atoms with Crippen molar-refractivity contribution in [3.63, 3.8) is 0 Å². The van der Waals surface area contributed by atoms with Crippen LogP contribution in [0.5, 0.6) is 0 Å². The first-order valence-electron chi connectivity index (χ1n) is 17.4. The van der Waals surface area contributed by atoms with Gasteiger partial charge in [0.05, 0.1) is 42.1 Å². The van der Waals surface area contributed by atoms with Gasteiger partial charge in [-0.15, -0.1) is 0 Å². The number of benzene rings is 3. The van der Waals surface area contributed by atoms with Gasteiger partial charge in [-0.2, -0.15) is 23.5 Å². The maximum atomic E-state index is 13.8. The lowest BCUT2D eigenvalue weighted by atomic mass is 9.98. The molecule has 11 nitrogen and oxygen atoms in total. The molecule has 0 spiro atoms. The molecule has 0 saturated heterocycles. The van der Waals surface area contributed by atoms with Gasteiger partial charge in [0.15, 0.2) is 5.69 Å². The van der Waals surface area contributed by atoms with E-state index in [1.807, 2.05) is 49.4 Å². The molecule has 2 heterocycles. The molecule has 292 valence electrons. The van der Waals surface area contributed by atoms with Crippen molar-refractivity contribution in [2.75, 3.05) is 19.8 Å². The lowest BCUT2D eigenvalue weighted by molar-refractivity contribution is -0.192. The zero-order chi connectivity index (χ0) is 40.7. The van der Waals surface area contributed by atoms with Crippen molar-refractivity contribution in [1.29, 1.82) is 5.26 Å². The average molecular weight is 798 g/mol. The molecule has 2 atom stereocenters. The maximum absolute atomic E-state index is 13.8. The fourth-order valence-electron chi connectivity index (χ4n) is 6.65. The Labute approximate surface area is 323 Å². The number of nitriles is 1. The smallest absolute Gasteiger partial charge is 0.475 e. The third kappa shape index (κ3) is 9.27. The second-order valence-corrected chi connectivity index (χ2v) is 18.6. The third-order valence-corrected chi connectivity index (χ3v) is 14.6. The molecule has 1 aromatic heterocycles. The summed E-state index contributed by atoms with van der Waals surface area (Å²) in [7, 11) is -2.92. The van der Waals surface area contributed by atoms with E-state index in [1.54, 1.807) is 28.6 Å². The molecular formula is C39H43ClF3N5O6Si. The van der Waals surface area contributed by atoms with E-state index in [0.29, 0.717) is 23.2 Å². The summed E-state index contributed by atoms with van der Waals surface area (Å²) in [6, 6.07) is 26.6. The number of carboxylic acids is 1. The molecule has 1 aliphatic rings. The Kier molecular flexibility index (Phi) is 13.7. The average Bonchev–Trinajstić information content (AvgIpc) is 3.51. The Morgan fingerprint density at radius 2 is 1.62 bits per heavy atom. The first-order chi connectivity index (χ1) is 25.9. The van der Waals surface area contributed by atoms with E-state index in [2.05, 4.69) is 45.0 Å². The number of fused-ring (bicyclic) bond motifs is 1. The van der Waals surface area contributed by atoms with Gasteiger partial charge in [-0.1, -0.05) is 93.0 Å². The summed E-state index contributed by atoms with van der Waals surface area (Å²) in [6.07, 6.45) is -4.66. The fourth-order valence-corrected chi connectivity index (χ4v) is 11.4. The molecule has 0 bridgehead atoms. The van der Waals surface area contributed by atoms with Crippen LogP contribution in [0.25, 0.3) is 0 Å². The second-order valence-electron chi connectivity index (χ2n) is 13.9. The molecule has 3 aromatic carbocycles. The summed E-state index contributed by atoms with van der Waals surface area (Å²) >= 11 is 6.13. The molecule has 0 radical (unpaired) electrons. The topological polar surface area (TPSA) is 161 Å². The Morgan fingerprint density at radius 3 is 2.09 bits per heavy atom. The lowest BCUT2D eigenvalue weighted by Crippen LogP contribution is -2.67. The van der Waals surface area contributed by atoms with Crippen LogP contribution < -0.4 is 16.1 Å². The van der Waals surface area contributed by atoms with E-state index in [9.17, 15) is 28.0 Å². The number of nitrogens with two attached hydrogens (primary N) is 1. The van der Waals surface area contributed by atoms with Gasteiger partial charge in [0.25, 0.3) is 14.2 Å². The van der Waals surface area contributed by atoms with E-state index in [-0.39, 0.29) is 59.6 Å². The predicted molar refractivity (Wildman–Crippen MR) is 203 cm³/mol. The summed E-state index contributed by atoms with van der Waals surface area (Å²) in [4.78, 5) is 38.0. The van der Waals surface area contributed by atoms with Crippen molar-refractivity contribution >= 4 is 48.1 Å². The van der Waals surface area contributed by atoms with E-state index >= 15 is 0 Å². The number of esters is 1. The normalized spacial score (nSPS) is 14.9. The number of nitrogens with zero attached hydrogens (tertiary/aromatic N) is 4.